The molecular weight excluding hydrogens is 308 g/mol. The normalized spacial score (nSPS) is 11.1. The summed E-state index contributed by atoms with van der Waals surface area (Å²) in [6.07, 6.45) is 1.08. The molecule has 0 aliphatic carbocycles. The third-order valence-corrected chi connectivity index (χ3v) is 4.65. The first-order valence-electron chi connectivity index (χ1n) is 8.95. The number of imidazole rings is 1. The zero-order valence-corrected chi connectivity index (χ0v) is 14.9. The minimum atomic E-state index is 0.666. The third kappa shape index (κ3) is 3.72. The summed E-state index contributed by atoms with van der Waals surface area (Å²) in [4.78, 5) is 7.28. The van der Waals surface area contributed by atoms with Crippen LogP contribution in [0.2, 0.25) is 0 Å². The molecule has 3 rings (SSSR count). The Morgan fingerprint density at radius 3 is 2.64 bits per heavy atom. The number of nitrogens with zero attached hydrogens (tertiary/aromatic N) is 4. The number of para-hydroxylation sites is 2. The van der Waals surface area contributed by atoms with E-state index in [2.05, 4.69) is 41.5 Å². The Labute approximate surface area is 149 Å². The molecule has 0 saturated carbocycles. The molecule has 0 aliphatic rings. The molecule has 0 atom stereocenters. The van der Waals surface area contributed by atoms with Gasteiger partial charge in [-0.3, -0.25) is 0 Å². The van der Waals surface area contributed by atoms with Crippen molar-refractivity contribution in [1.82, 2.24) is 14.5 Å². The summed E-state index contributed by atoms with van der Waals surface area (Å²) in [6, 6.07) is 18.2. The van der Waals surface area contributed by atoms with Crippen molar-refractivity contribution in [3.8, 4) is 17.5 Å². The van der Waals surface area contributed by atoms with Crippen LogP contribution in [0.3, 0.4) is 0 Å². The lowest BCUT2D eigenvalue weighted by Gasteiger charge is -2.18. The average molecular weight is 332 g/mol. The molecule has 1 heterocycles. The number of fused-ring (bicyclic) bond motifs is 1. The van der Waals surface area contributed by atoms with E-state index in [1.54, 1.807) is 0 Å². The van der Waals surface area contributed by atoms with Gasteiger partial charge in [0.25, 0.3) is 0 Å². The van der Waals surface area contributed by atoms with E-state index in [1.165, 1.54) is 0 Å². The van der Waals surface area contributed by atoms with Gasteiger partial charge in [-0.25, -0.2) is 4.98 Å². The molecule has 25 heavy (non-hydrogen) atoms. The molecule has 1 aromatic heterocycles. The fourth-order valence-electron chi connectivity index (χ4n) is 3.24. The summed E-state index contributed by atoms with van der Waals surface area (Å²) in [6.45, 7) is 8.57. The zero-order valence-electron chi connectivity index (χ0n) is 14.9. The van der Waals surface area contributed by atoms with Crippen molar-refractivity contribution >= 4 is 11.0 Å². The molecule has 0 bridgehead atoms. The van der Waals surface area contributed by atoms with Crippen LogP contribution < -0.4 is 0 Å². The molecule has 0 aliphatic heterocycles. The van der Waals surface area contributed by atoms with Gasteiger partial charge in [-0.05, 0) is 50.3 Å². The molecular formula is C21H24N4. The van der Waals surface area contributed by atoms with Crippen molar-refractivity contribution in [3.05, 3.63) is 54.1 Å². The lowest BCUT2D eigenvalue weighted by Crippen LogP contribution is -2.24. The Balaban J connectivity index is 1.96. The molecule has 4 heteroatoms. The number of aromatic nitrogens is 2. The van der Waals surface area contributed by atoms with Crippen molar-refractivity contribution in [2.24, 2.45) is 0 Å². The first-order valence-corrected chi connectivity index (χ1v) is 8.95. The first kappa shape index (κ1) is 17.2. The minimum Gasteiger partial charge on any atom is -0.324 e. The molecule has 0 amide bonds. The number of hydrogen-bond acceptors (Lipinski definition) is 3. The summed E-state index contributed by atoms with van der Waals surface area (Å²) < 4.78 is 2.29. The molecule has 0 fully saturated rings. The first-order chi connectivity index (χ1) is 12.3. The van der Waals surface area contributed by atoms with Gasteiger partial charge in [0.15, 0.2) is 0 Å². The highest BCUT2D eigenvalue weighted by Crippen LogP contribution is 2.25. The summed E-state index contributed by atoms with van der Waals surface area (Å²) >= 11 is 0. The van der Waals surface area contributed by atoms with Crippen molar-refractivity contribution in [3.63, 3.8) is 0 Å². The van der Waals surface area contributed by atoms with E-state index in [4.69, 9.17) is 4.98 Å². The van der Waals surface area contributed by atoms with Crippen LogP contribution in [0.4, 0.5) is 0 Å². The monoisotopic (exact) mass is 332 g/mol. The van der Waals surface area contributed by atoms with E-state index in [9.17, 15) is 5.26 Å². The van der Waals surface area contributed by atoms with Gasteiger partial charge in [0, 0.05) is 12.1 Å². The fraction of sp³-hybridized carbons (Fsp3) is 0.333. The SMILES string of the molecule is CCN(CC)CCCn1c(-c2cccc(C#N)c2)nc2ccccc21. The van der Waals surface area contributed by atoms with Gasteiger partial charge in [-0.2, -0.15) is 5.26 Å². The van der Waals surface area contributed by atoms with E-state index in [0.717, 1.165) is 55.0 Å². The number of rotatable bonds is 7. The Hall–Kier alpha value is -2.64. The number of hydrogen-bond donors (Lipinski definition) is 0. The van der Waals surface area contributed by atoms with Gasteiger partial charge in [0.2, 0.25) is 0 Å². The second-order valence-electron chi connectivity index (χ2n) is 6.15. The van der Waals surface area contributed by atoms with Crippen molar-refractivity contribution in [2.45, 2.75) is 26.8 Å². The van der Waals surface area contributed by atoms with Crippen molar-refractivity contribution < 1.29 is 0 Å². The highest BCUT2D eigenvalue weighted by Gasteiger charge is 2.13. The van der Waals surface area contributed by atoms with E-state index in [0.29, 0.717) is 5.56 Å². The molecule has 0 spiro atoms. The van der Waals surface area contributed by atoms with Gasteiger partial charge < -0.3 is 9.47 Å². The molecule has 0 radical (unpaired) electrons. The van der Waals surface area contributed by atoms with Crippen LogP contribution in [0.15, 0.2) is 48.5 Å². The highest BCUT2D eigenvalue weighted by molar-refractivity contribution is 5.80. The van der Waals surface area contributed by atoms with Crippen LogP contribution >= 0.6 is 0 Å². The lowest BCUT2D eigenvalue weighted by atomic mass is 10.1. The molecule has 0 saturated heterocycles. The van der Waals surface area contributed by atoms with Gasteiger partial charge in [0.05, 0.1) is 22.7 Å². The molecule has 4 nitrogen and oxygen atoms in total. The van der Waals surface area contributed by atoms with E-state index < -0.39 is 0 Å². The standard InChI is InChI=1S/C21H24N4/c1-3-24(4-2)13-8-14-25-20-12-6-5-11-19(20)23-21(25)18-10-7-9-17(15-18)16-22/h5-7,9-12,15H,3-4,8,13-14H2,1-2H3. The van der Waals surface area contributed by atoms with Gasteiger partial charge in [-0.15, -0.1) is 0 Å². The van der Waals surface area contributed by atoms with Crippen LogP contribution in [-0.4, -0.2) is 34.1 Å². The fourth-order valence-corrected chi connectivity index (χ4v) is 3.24. The van der Waals surface area contributed by atoms with Crippen LogP contribution in [0.1, 0.15) is 25.8 Å². The third-order valence-electron chi connectivity index (χ3n) is 4.65. The lowest BCUT2D eigenvalue weighted by molar-refractivity contribution is 0.294. The predicted molar refractivity (Wildman–Crippen MR) is 102 cm³/mol. The Morgan fingerprint density at radius 1 is 1.08 bits per heavy atom. The maximum atomic E-state index is 9.19. The quantitative estimate of drug-likeness (QED) is 0.648. The number of benzene rings is 2. The van der Waals surface area contributed by atoms with Gasteiger partial charge in [0.1, 0.15) is 5.82 Å². The molecule has 128 valence electrons. The minimum absolute atomic E-state index is 0.666. The Kier molecular flexibility index (Phi) is 5.47. The van der Waals surface area contributed by atoms with Crippen LogP contribution in [0.5, 0.6) is 0 Å². The second kappa shape index (κ2) is 7.96. The van der Waals surface area contributed by atoms with E-state index >= 15 is 0 Å². The van der Waals surface area contributed by atoms with Gasteiger partial charge in [-0.1, -0.05) is 38.1 Å². The summed E-state index contributed by atoms with van der Waals surface area (Å²) in [5.41, 5.74) is 3.82. The molecule has 0 unspecified atom stereocenters. The largest absolute Gasteiger partial charge is 0.324 e. The predicted octanol–water partition coefficient (Wildman–Crippen LogP) is 4.31. The summed E-state index contributed by atoms with van der Waals surface area (Å²) in [7, 11) is 0. The van der Waals surface area contributed by atoms with Crippen LogP contribution in [0, 0.1) is 11.3 Å². The second-order valence-corrected chi connectivity index (χ2v) is 6.15. The van der Waals surface area contributed by atoms with Crippen LogP contribution in [0.25, 0.3) is 22.4 Å². The van der Waals surface area contributed by atoms with Crippen molar-refractivity contribution in [2.75, 3.05) is 19.6 Å². The molecule has 2 aromatic carbocycles. The van der Waals surface area contributed by atoms with Crippen LogP contribution in [-0.2, 0) is 6.54 Å². The maximum absolute atomic E-state index is 9.19. The number of nitriles is 1. The Morgan fingerprint density at radius 2 is 1.88 bits per heavy atom. The average Bonchev–Trinajstić information content (AvgIpc) is 3.04. The molecule has 3 aromatic rings. The van der Waals surface area contributed by atoms with E-state index in [-0.39, 0.29) is 0 Å². The zero-order chi connectivity index (χ0) is 17.6. The maximum Gasteiger partial charge on any atom is 0.141 e. The Bertz CT molecular complexity index is 884. The molecule has 0 N–H and O–H groups in total. The van der Waals surface area contributed by atoms with E-state index in [1.807, 2.05) is 36.4 Å². The van der Waals surface area contributed by atoms with Gasteiger partial charge >= 0.3 is 0 Å². The van der Waals surface area contributed by atoms with Crippen molar-refractivity contribution in [1.29, 1.82) is 5.26 Å². The summed E-state index contributed by atoms with van der Waals surface area (Å²) in [5, 5.41) is 9.19. The highest BCUT2D eigenvalue weighted by atomic mass is 15.1. The topological polar surface area (TPSA) is 44.9 Å². The number of aryl methyl sites for hydroxylation is 1. The summed E-state index contributed by atoms with van der Waals surface area (Å²) in [5.74, 6) is 0.942. The smallest absolute Gasteiger partial charge is 0.141 e.